The Bertz CT molecular complexity index is 1330. The van der Waals surface area contributed by atoms with E-state index in [1.165, 1.54) is 42.5 Å². The van der Waals surface area contributed by atoms with Crippen molar-refractivity contribution < 1.29 is 24.2 Å². The van der Waals surface area contributed by atoms with E-state index in [0.29, 0.717) is 0 Å². The van der Waals surface area contributed by atoms with Gasteiger partial charge < -0.3 is 5.32 Å². The Balaban J connectivity index is 1.82. The van der Waals surface area contributed by atoms with Gasteiger partial charge in [0, 0.05) is 34.5 Å². The maximum absolute atomic E-state index is 13.0. The molecule has 31 heavy (non-hydrogen) atoms. The Kier molecular flexibility index (Phi) is 4.59. The number of fused-ring (bicyclic) bond motifs is 2. The van der Waals surface area contributed by atoms with Crippen LogP contribution in [0.4, 0.5) is 17.1 Å². The van der Waals surface area contributed by atoms with Crippen molar-refractivity contribution in [3.8, 4) is 0 Å². The van der Waals surface area contributed by atoms with E-state index < -0.39 is 44.1 Å². The van der Waals surface area contributed by atoms with Crippen molar-refractivity contribution >= 4 is 34.5 Å². The van der Waals surface area contributed by atoms with Crippen molar-refractivity contribution in [2.45, 2.75) is 0 Å². The zero-order valence-electron chi connectivity index (χ0n) is 15.5. The van der Waals surface area contributed by atoms with Gasteiger partial charge in [0.2, 0.25) is 5.78 Å². The molecule has 1 N–H and O–H groups in total. The number of ketones is 2. The van der Waals surface area contributed by atoms with E-state index in [4.69, 9.17) is 0 Å². The van der Waals surface area contributed by atoms with Crippen molar-refractivity contribution in [3.05, 3.63) is 109 Å². The molecular weight excluding hydrogens is 406 g/mol. The van der Waals surface area contributed by atoms with Crippen molar-refractivity contribution in [1.82, 2.24) is 0 Å². The van der Waals surface area contributed by atoms with E-state index >= 15 is 0 Å². The summed E-state index contributed by atoms with van der Waals surface area (Å²) in [7, 11) is 0. The van der Waals surface area contributed by atoms with Crippen molar-refractivity contribution in [1.29, 1.82) is 0 Å². The predicted molar refractivity (Wildman–Crippen MR) is 107 cm³/mol. The van der Waals surface area contributed by atoms with Crippen molar-refractivity contribution in [2.24, 2.45) is 0 Å². The lowest BCUT2D eigenvalue weighted by Gasteiger charge is -2.18. The van der Waals surface area contributed by atoms with Crippen LogP contribution in [-0.2, 0) is 0 Å². The lowest BCUT2D eigenvalue weighted by Crippen LogP contribution is -2.24. The second-order valence-electron chi connectivity index (χ2n) is 6.61. The van der Waals surface area contributed by atoms with Crippen LogP contribution in [0.3, 0.4) is 0 Å². The number of non-ortho nitro benzene ring substituents is 1. The lowest BCUT2D eigenvalue weighted by molar-refractivity contribution is -0.385. The molecule has 1 aliphatic rings. The smallest absolute Gasteiger partial charge is 0.294 e. The number of nitro groups is 2. The van der Waals surface area contributed by atoms with Gasteiger partial charge in [-0.2, -0.15) is 0 Å². The molecule has 0 saturated carbocycles. The molecule has 152 valence electrons. The Hall–Kier alpha value is -4.73. The number of hydrogen-bond acceptors (Lipinski definition) is 7. The van der Waals surface area contributed by atoms with Crippen molar-refractivity contribution in [2.75, 3.05) is 5.32 Å². The normalized spacial score (nSPS) is 12.0. The van der Waals surface area contributed by atoms with Crippen LogP contribution < -0.4 is 5.32 Å². The maximum Gasteiger partial charge on any atom is 0.294 e. The number of anilines is 1. The summed E-state index contributed by atoms with van der Waals surface area (Å²) < 4.78 is 0. The molecule has 0 spiro atoms. The summed E-state index contributed by atoms with van der Waals surface area (Å²) in [6, 6.07) is 13.2. The minimum atomic E-state index is -0.950. The average Bonchev–Trinajstić information content (AvgIpc) is 2.76. The molecule has 1 amide bonds. The monoisotopic (exact) mass is 417 g/mol. The molecule has 3 aromatic rings. The summed E-state index contributed by atoms with van der Waals surface area (Å²) in [5.74, 6) is -2.24. The van der Waals surface area contributed by atoms with Gasteiger partial charge in [-0.25, -0.2) is 0 Å². The summed E-state index contributed by atoms with van der Waals surface area (Å²) in [6.07, 6.45) is 0. The summed E-state index contributed by atoms with van der Waals surface area (Å²) in [5, 5.41) is 25.1. The molecule has 0 aliphatic heterocycles. The van der Waals surface area contributed by atoms with Crippen LogP contribution in [0.1, 0.15) is 42.2 Å². The van der Waals surface area contributed by atoms with Gasteiger partial charge in [0.1, 0.15) is 11.1 Å². The molecule has 4 rings (SSSR count). The zero-order chi connectivity index (χ0) is 22.3. The van der Waals surface area contributed by atoms with Gasteiger partial charge in [-0.3, -0.25) is 34.6 Å². The quantitative estimate of drug-likeness (QED) is 0.394. The molecule has 0 aromatic heterocycles. The second-order valence-corrected chi connectivity index (χ2v) is 6.61. The Morgan fingerprint density at radius 3 is 2.10 bits per heavy atom. The molecule has 0 bridgehead atoms. The number of carbonyl (C=O) groups is 3. The van der Waals surface area contributed by atoms with Crippen LogP contribution in [0.25, 0.3) is 0 Å². The second kappa shape index (κ2) is 7.26. The minimum Gasteiger partial charge on any atom is -0.322 e. The molecule has 3 aromatic carbocycles. The molecular formula is C21H11N3O7. The summed E-state index contributed by atoms with van der Waals surface area (Å²) in [5.41, 5.74) is -1.97. The highest BCUT2D eigenvalue weighted by Crippen LogP contribution is 2.35. The number of amides is 1. The Morgan fingerprint density at radius 2 is 1.45 bits per heavy atom. The number of nitrogens with one attached hydrogen (secondary N) is 1. The molecule has 10 nitrogen and oxygen atoms in total. The third-order valence-corrected chi connectivity index (χ3v) is 4.81. The molecule has 0 heterocycles. The third-order valence-electron chi connectivity index (χ3n) is 4.81. The van der Waals surface area contributed by atoms with Gasteiger partial charge in [-0.05, 0) is 18.2 Å². The number of carbonyl (C=O) groups excluding carboxylic acids is 3. The van der Waals surface area contributed by atoms with Gasteiger partial charge >= 0.3 is 0 Å². The average molecular weight is 417 g/mol. The molecule has 1 aliphatic carbocycles. The van der Waals surface area contributed by atoms with Crippen LogP contribution in [-0.4, -0.2) is 27.3 Å². The molecule has 10 heteroatoms. The van der Waals surface area contributed by atoms with Crippen LogP contribution >= 0.6 is 0 Å². The summed E-state index contributed by atoms with van der Waals surface area (Å²) >= 11 is 0. The zero-order valence-corrected chi connectivity index (χ0v) is 15.5. The number of nitro benzene ring substituents is 2. The van der Waals surface area contributed by atoms with Crippen LogP contribution in [0.5, 0.6) is 0 Å². The lowest BCUT2D eigenvalue weighted by atomic mass is 9.82. The van der Waals surface area contributed by atoms with E-state index in [1.54, 1.807) is 6.07 Å². The van der Waals surface area contributed by atoms with E-state index in [-0.39, 0.29) is 28.1 Å². The fourth-order valence-electron chi connectivity index (χ4n) is 3.44. The first-order valence-corrected chi connectivity index (χ1v) is 8.85. The topological polar surface area (TPSA) is 150 Å². The molecule has 0 fully saturated rings. The van der Waals surface area contributed by atoms with Gasteiger partial charge in [-0.1, -0.05) is 30.3 Å². The standard InChI is InChI=1S/C21H11N3O7/c25-19-13-6-1-2-7-14(13)20(26)17-15(19)8-9-16(18(17)24(30)31)21(27)22-11-4-3-5-12(10-11)23(28)29/h1-10H,(H,22,27). The van der Waals surface area contributed by atoms with E-state index in [2.05, 4.69) is 5.32 Å². The van der Waals surface area contributed by atoms with Gasteiger partial charge in [0.25, 0.3) is 17.3 Å². The Morgan fingerprint density at radius 1 is 0.774 bits per heavy atom. The first kappa shape index (κ1) is 19.6. The number of benzene rings is 3. The largest absolute Gasteiger partial charge is 0.322 e. The highest BCUT2D eigenvalue weighted by Gasteiger charge is 2.38. The van der Waals surface area contributed by atoms with Crippen molar-refractivity contribution in [3.63, 3.8) is 0 Å². The number of nitrogens with zero attached hydrogens (tertiary/aromatic N) is 2. The molecule has 0 atom stereocenters. The third kappa shape index (κ3) is 3.21. The molecule has 0 radical (unpaired) electrons. The van der Waals surface area contributed by atoms with Gasteiger partial charge in [0.05, 0.1) is 9.85 Å². The highest BCUT2D eigenvalue weighted by molar-refractivity contribution is 6.30. The van der Waals surface area contributed by atoms with E-state index in [0.717, 1.165) is 12.1 Å². The highest BCUT2D eigenvalue weighted by atomic mass is 16.6. The number of hydrogen-bond donors (Lipinski definition) is 1. The molecule has 0 unspecified atom stereocenters. The minimum absolute atomic E-state index is 0.0133. The summed E-state index contributed by atoms with van der Waals surface area (Å²) in [4.78, 5) is 59.7. The first-order chi connectivity index (χ1) is 14.8. The summed E-state index contributed by atoms with van der Waals surface area (Å²) in [6.45, 7) is 0. The van der Waals surface area contributed by atoms with Crippen LogP contribution in [0.15, 0.2) is 60.7 Å². The fraction of sp³-hybridized carbons (Fsp3) is 0. The van der Waals surface area contributed by atoms with E-state index in [9.17, 15) is 34.6 Å². The SMILES string of the molecule is O=C1c2ccccc2C(=O)c2c1ccc(C(=O)Nc1cccc([N+](=O)[O-])c1)c2[N+](=O)[O-]. The first-order valence-electron chi connectivity index (χ1n) is 8.85. The Labute approximate surface area is 173 Å². The molecule has 0 saturated heterocycles. The maximum atomic E-state index is 13.0. The van der Waals surface area contributed by atoms with E-state index in [1.807, 2.05) is 0 Å². The van der Waals surface area contributed by atoms with Crippen LogP contribution in [0, 0.1) is 20.2 Å². The number of rotatable bonds is 4. The predicted octanol–water partition coefficient (Wildman–Crippen LogP) is 3.53. The van der Waals surface area contributed by atoms with Gasteiger partial charge in [-0.15, -0.1) is 0 Å². The fourth-order valence-corrected chi connectivity index (χ4v) is 3.44. The van der Waals surface area contributed by atoms with Crippen LogP contribution in [0.2, 0.25) is 0 Å². The van der Waals surface area contributed by atoms with Gasteiger partial charge in [0.15, 0.2) is 5.78 Å².